The number of rotatable bonds is 1. The van der Waals surface area contributed by atoms with Crippen LogP contribution in [0.5, 0.6) is 0 Å². The molecule has 1 heterocycles. The maximum absolute atomic E-state index is 11.9. The van der Waals surface area contributed by atoms with Gasteiger partial charge in [-0.05, 0) is 0 Å². The van der Waals surface area contributed by atoms with Crippen LogP contribution < -0.4 is 0 Å². The zero-order chi connectivity index (χ0) is 8.43. The van der Waals surface area contributed by atoms with E-state index < -0.39 is 12.2 Å². The van der Waals surface area contributed by atoms with Crippen molar-refractivity contribution in [2.75, 3.05) is 0 Å². The van der Waals surface area contributed by atoms with E-state index in [9.17, 15) is 8.78 Å². The van der Waals surface area contributed by atoms with Gasteiger partial charge in [0.05, 0.1) is 11.2 Å². The van der Waals surface area contributed by atoms with Gasteiger partial charge in [-0.3, -0.25) is 0 Å². The van der Waals surface area contributed by atoms with E-state index >= 15 is 0 Å². The number of halogens is 4. The van der Waals surface area contributed by atoms with Crippen molar-refractivity contribution in [2.45, 2.75) is 6.43 Å². The smallest absolute Gasteiger partial charge is 0.234 e. The first-order chi connectivity index (χ1) is 5.11. The Morgan fingerprint density at radius 1 is 1.36 bits per heavy atom. The van der Waals surface area contributed by atoms with Crippen LogP contribution in [0, 0.1) is 0 Å². The minimum Gasteiger partial charge on any atom is -0.234 e. The van der Waals surface area contributed by atoms with Crippen LogP contribution in [-0.4, -0.2) is 9.97 Å². The average molecular weight is 199 g/mol. The van der Waals surface area contributed by atoms with Gasteiger partial charge in [0.2, 0.25) is 0 Å². The highest BCUT2D eigenvalue weighted by Gasteiger charge is 2.11. The second-order valence-electron chi connectivity index (χ2n) is 1.67. The van der Waals surface area contributed by atoms with Gasteiger partial charge in [-0.2, -0.15) is 0 Å². The molecule has 2 nitrogen and oxygen atoms in total. The molecule has 0 unspecified atom stereocenters. The van der Waals surface area contributed by atoms with Gasteiger partial charge < -0.3 is 0 Å². The standard InChI is InChI=1S/C5H2Cl2F2N2/c6-2-1-10-5(4(8)9)11-3(2)7/h1,4H. The molecule has 6 heteroatoms. The van der Waals surface area contributed by atoms with Crippen molar-refractivity contribution in [3.8, 4) is 0 Å². The number of alkyl halides is 2. The Labute approximate surface area is 71.2 Å². The summed E-state index contributed by atoms with van der Waals surface area (Å²) in [6.07, 6.45) is -1.68. The Hall–Kier alpha value is -0.480. The molecular formula is C5H2Cl2F2N2. The maximum Gasteiger partial charge on any atom is 0.297 e. The number of hydrogen-bond donors (Lipinski definition) is 0. The molecule has 1 aromatic rings. The third kappa shape index (κ3) is 1.97. The summed E-state index contributed by atoms with van der Waals surface area (Å²) in [6, 6.07) is 0. The van der Waals surface area contributed by atoms with Crippen molar-refractivity contribution in [3.05, 3.63) is 22.2 Å². The van der Waals surface area contributed by atoms with Crippen molar-refractivity contribution >= 4 is 23.2 Å². The first kappa shape index (κ1) is 8.62. The molecule has 1 rings (SSSR count). The Kier molecular flexibility index (Phi) is 2.57. The molecule has 0 aliphatic carbocycles. The van der Waals surface area contributed by atoms with Crippen molar-refractivity contribution in [1.29, 1.82) is 0 Å². The van der Waals surface area contributed by atoms with Crippen LogP contribution in [0.3, 0.4) is 0 Å². The van der Waals surface area contributed by atoms with Gasteiger partial charge in [0, 0.05) is 0 Å². The third-order valence-electron chi connectivity index (χ3n) is 0.915. The molecule has 0 aliphatic heterocycles. The second kappa shape index (κ2) is 3.28. The van der Waals surface area contributed by atoms with Crippen molar-refractivity contribution < 1.29 is 8.78 Å². The lowest BCUT2D eigenvalue weighted by atomic mass is 10.6. The minimum absolute atomic E-state index is 0.0658. The first-order valence-corrected chi connectivity index (χ1v) is 3.33. The predicted molar refractivity (Wildman–Crippen MR) is 37.0 cm³/mol. The highest BCUT2D eigenvalue weighted by atomic mass is 35.5. The topological polar surface area (TPSA) is 25.8 Å². The summed E-state index contributed by atoms with van der Waals surface area (Å²) in [5, 5.41) is -0.0898. The van der Waals surface area contributed by atoms with E-state index in [4.69, 9.17) is 23.2 Å². The van der Waals surface area contributed by atoms with Gasteiger partial charge in [0.1, 0.15) is 0 Å². The van der Waals surface area contributed by atoms with Crippen LogP contribution in [0.15, 0.2) is 6.20 Å². The van der Waals surface area contributed by atoms with E-state index in [-0.39, 0.29) is 10.2 Å². The molecule has 0 bridgehead atoms. The van der Waals surface area contributed by atoms with Crippen LogP contribution in [0.4, 0.5) is 8.78 Å². The first-order valence-electron chi connectivity index (χ1n) is 2.57. The Balaban J connectivity index is 3.05. The normalized spacial score (nSPS) is 10.6. The molecule has 60 valence electrons. The molecule has 1 aromatic heterocycles. The Morgan fingerprint density at radius 3 is 2.45 bits per heavy atom. The fourth-order valence-corrected chi connectivity index (χ4v) is 0.690. The van der Waals surface area contributed by atoms with Crippen LogP contribution in [0.25, 0.3) is 0 Å². The number of nitrogens with zero attached hydrogens (tertiary/aromatic N) is 2. The quantitative estimate of drug-likeness (QED) is 0.649. The van der Waals surface area contributed by atoms with Crippen LogP contribution in [0.2, 0.25) is 10.2 Å². The molecule has 0 radical (unpaired) electrons. The molecule has 0 aromatic carbocycles. The maximum atomic E-state index is 11.9. The highest BCUT2D eigenvalue weighted by Crippen LogP contribution is 2.21. The minimum atomic E-state index is -2.72. The van der Waals surface area contributed by atoms with E-state index in [1.807, 2.05) is 0 Å². The number of hydrogen-bond acceptors (Lipinski definition) is 2. The van der Waals surface area contributed by atoms with E-state index in [1.54, 1.807) is 0 Å². The lowest BCUT2D eigenvalue weighted by molar-refractivity contribution is 0.140. The summed E-state index contributed by atoms with van der Waals surface area (Å²) in [4.78, 5) is 6.51. The fourth-order valence-electron chi connectivity index (χ4n) is 0.464. The summed E-state index contributed by atoms with van der Waals surface area (Å²) in [6.45, 7) is 0. The lowest BCUT2D eigenvalue weighted by Crippen LogP contribution is -1.94. The van der Waals surface area contributed by atoms with Crippen LogP contribution in [0.1, 0.15) is 12.2 Å². The van der Waals surface area contributed by atoms with Crippen molar-refractivity contribution in [2.24, 2.45) is 0 Å². The summed E-state index contributed by atoms with van der Waals surface area (Å²) in [7, 11) is 0. The Morgan fingerprint density at radius 2 is 2.00 bits per heavy atom. The molecule has 0 aliphatic rings. The molecule has 0 saturated heterocycles. The van der Waals surface area contributed by atoms with Gasteiger partial charge in [0.15, 0.2) is 11.0 Å². The van der Waals surface area contributed by atoms with Gasteiger partial charge in [-0.15, -0.1) is 0 Å². The van der Waals surface area contributed by atoms with Crippen molar-refractivity contribution in [1.82, 2.24) is 9.97 Å². The number of aromatic nitrogens is 2. The zero-order valence-corrected chi connectivity index (χ0v) is 6.57. The zero-order valence-electron chi connectivity index (χ0n) is 5.06. The molecule has 0 amide bonds. The lowest BCUT2D eigenvalue weighted by Gasteiger charge is -1.97. The van der Waals surface area contributed by atoms with Crippen LogP contribution in [-0.2, 0) is 0 Å². The molecule has 11 heavy (non-hydrogen) atoms. The molecule has 0 spiro atoms. The van der Waals surface area contributed by atoms with Gasteiger partial charge in [-0.1, -0.05) is 23.2 Å². The van der Waals surface area contributed by atoms with E-state index in [0.717, 1.165) is 6.20 Å². The summed E-state index contributed by atoms with van der Waals surface area (Å²) < 4.78 is 23.7. The summed E-state index contributed by atoms with van der Waals surface area (Å²) in [5.41, 5.74) is 0. The Bertz CT molecular complexity index is 267. The van der Waals surface area contributed by atoms with Gasteiger partial charge >= 0.3 is 0 Å². The molecule has 0 saturated carbocycles. The van der Waals surface area contributed by atoms with Gasteiger partial charge in [-0.25, -0.2) is 18.7 Å². The molecule has 0 N–H and O–H groups in total. The fraction of sp³-hybridized carbons (Fsp3) is 0.200. The van der Waals surface area contributed by atoms with E-state index in [2.05, 4.69) is 9.97 Å². The third-order valence-corrected chi connectivity index (χ3v) is 1.58. The summed E-state index contributed by atoms with van der Waals surface area (Å²) in [5.74, 6) is -0.612. The molecule has 0 fully saturated rings. The van der Waals surface area contributed by atoms with E-state index in [1.165, 1.54) is 0 Å². The monoisotopic (exact) mass is 198 g/mol. The van der Waals surface area contributed by atoms with Crippen LogP contribution >= 0.6 is 23.2 Å². The molecule has 0 atom stereocenters. The van der Waals surface area contributed by atoms with Gasteiger partial charge in [0.25, 0.3) is 6.43 Å². The van der Waals surface area contributed by atoms with Crippen molar-refractivity contribution in [3.63, 3.8) is 0 Å². The van der Waals surface area contributed by atoms with E-state index in [0.29, 0.717) is 0 Å². The average Bonchev–Trinajstić information content (AvgIpc) is 1.94. The predicted octanol–water partition coefficient (Wildman–Crippen LogP) is 2.72. The highest BCUT2D eigenvalue weighted by molar-refractivity contribution is 6.41. The largest absolute Gasteiger partial charge is 0.297 e. The molecular weight excluding hydrogens is 197 g/mol. The SMILES string of the molecule is FC(F)c1ncc(Cl)c(Cl)n1. The summed E-state index contributed by atoms with van der Waals surface area (Å²) >= 11 is 10.7. The second-order valence-corrected chi connectivity index (χ2v) is 2.43.